The van der Waals surface area contributed by atoms with Crippen LogP contribution < -0.4 is 19.9 Å². The van der Waals surface area contributed by atoms with E-state index in [-0.39, 0.29) is 11.4 Å². The lowest BCUT2D eigenvalue weighted by molar-refractivity contribution is -0.384. The van der Waals surface area contributed by atoms with E-state index >= 15 is 0 Å². The molecule has 0 aromatic heterocycles. The minimum absolute atomic E-state index is 0.124. The molecule has 3 aliphatic rings. The highest BCUT2D eigenvalue weighted by molar-refractivity contribution is 6.25. The van der Waals surface area contributed by atoms with Gasteiger partial charge in [0.25, 0.3) is 5.69 Å². The van der Waals surface area contributed by atoms with Crippen LogP contribution in [0, 0.1) is 22.0 Å². The molecule has 6 rings (SSSR count). The highest BCUT2D eigenvalue weighted by Gasteiger charge is 2.64. The van der Waals surface area contributed by atoms with Crippen LogP contribution in [-0.4, -0.2) is 40.7 Å². The van der Waals surface area contributed by atoms with Gasteiger partial charge in [-0.3, -0.25) is 29.3 Å². The van der Waals surface area contributed by atoms with Gasteiger partial charge in [0.15, 0.2) is 0 Å². The Morgan fingerprint density at radius 2 is 1.60 bits per heavy atom. The van der Waals surface area contributed by atoms with Crippen LogP contribution in [0.1, 0.15) is 12.5 Å². The fraction of sp³-hybridized carbons (Fsp3) is 0.172. The van der Waals surface area contributed by atoms with Crippen LogP contribution in [0.4, 0.5) is 22.7 Å². The molecular weight excluding hydrogens is 516 g/mol. The molecular formula is C29H22N4O7. The van der Waals surface area contributed by atoms with Crippen LogP contribution in [0.2, 0.25) is 0 Å². The maximum absolute atomic E-state index is 13.9. The number of carbonyl (C=O) groups excluding carboxylic acids is 4. The standard InChI is InChI=1S/C29H22N4O7/c1-16(34)40-21-13-11-19(12-14-21)31-28(36)24-23-15-6-17-4-2-3-5-22(17)32(23)26(25(24)29(31)37)27(35)30-18-7-9-20(10-8-18)33(38)39/h2-15,23-26H,1H3,(H,30,35)/t23-,24+,25+,26+/m1/s1. The molecule has 0 aliphatic carbocycles. The number of non-ortho nitro benzene ring substituents is 1. The van der Waals surface area contributed by atoms with Crippen molar-refractivity contribution in [3.8, 4) is 5.75 Å². The minimum Gasteiger partial charge on any atom is -0.427 e. The van der Waals surface area contributed by atoms with Crippen LogP contribution in [0.25, 0.3) is 6.08 Å². The third kappa shape index (κ3) is 3.99. The molecule has 3 aliphatic heterocycles. The first-order valence-corrected chi connectivity index (χ1v) is 12.5. The van der Waals surface area contributed by atoms with Crippen molar-refractivity contribution in [2.24, 2.45) is 11.8 Å². The second kappa shape index (κ2) is 9.45. The van der Waals surface area contributed by atoms with Crippen molar-refractivity contribution in [1.82, 2.24) is 0 Å². The fourth-order valence-electron chi connectivity index (χ4n) is 5.78. The molecule has 3 heterocycles. The average molecular weight is 539 g/mol. The van der Waals surface area contributed by atoms with E-state index in [1.54, 1.807) is 0 Å². The Morgan fingerprint density at radius 3 is 2.27 bits per heavy atom. The van der Waals surface area contributed by atoms with E-state index < -0.39 is 52.5 Å². The number of para-hydroxylation sites is 1. The van der Waals surface area contributed by atoms with E-state index in [9.17, 15) is 29.3 Å². The number of nitrogens with zero attached hydrogens (tertiary/aromatic N) is 3. The number of hydrogen-bond acceptors (Lipinski definition) is 8. The lowest BCUT2D eigenvalue weighted by atomic mass is 9.88. The highest BCUT2D eigenvalue weighted by Crippen LogP contribution is 2.49. The van der Waals surface area contributed by atoms with Gasteiger partial charge in [-0.2, -0.15) is 0 Å². The quantitative estimate of drug-likeness (QED) is 0.171. The first-order chi connectivity index (χ1) is 19.2. The van der Waals surface area contributed by atoms with Gasteiger partial charge < -0.3 is 15.0 Å². The highest BCUT2D eigenvalue weighted by atomic mass is 16.6. The van der Waals surface area contributed by atoms with E-state index in [1.165, 1.54) is 55.5 Å². The number of rotatable bonds is 5. The summed E-state index contributed by atoms with van der Waals surface area (Å²) in [5.74, 6) is -3.49. The normalized spacial score (nSPS) is 22.4. The molecule has 3 aromatic rings. The molecule has 200 valence electrons. The summed E-state index contributed by atoms with van der Waals surface area (Å²) in [5.41, 5.74) is 2.09. The number of nitro groups is 1. The van der Waals surface area contributed by atoms with Gasteiger partial charge in [0.05, 0.1) is 28.5 Å². The fourth-order valence-corrected chi connectivity index (χ4v) is 5.78. The number of imide groups is 1. The molecule has 4 atom stereocenters. The molecule has 0 spiro atoms. The van der Waals surface area contributed by atoms with Gasteiger partial charge in [-0.15, -0.1) is 0 Å². The number of carbonyl (C=O) groups is 4. The molecule has 2 fully saturated rings. The Hall–Kier alpha value is -5.32. The van der Waals surface area contributed by atoms with Crippen LogP contribution in [-0.2, 0) is 19.2 Å². The topological polar surface area (TPSA) is 139 Å². The summed E-state index contributed by atoms with van der Waals surface area (Å²) in [6.45, 7) is 1.27. The maximum atomic E-state index is 13.9. The monoisotopic (exact) mass is 538 g/mol. The minimum atomic E-state index is -1.03. The van der Waals surface area contributed by atoms with Crippen LogP contribution in [0.3, 0.4) is 0 Å². The molecule has 2 saturated heterocycles. The molecule has 1 N–H and O–H groups in total. The number of nitro benzene ring substituents is 1. The second-order valence-electron chi connectivity index (χ2n) is 9.70. The molecule has 0 radical (unpaired) electrons. The van der Waals surface area contributed by atoms with Crippen molar-refractivity contribution >= 4 is 52.5 Å². The predicted octanol–water partition coefficient (Wildman–Crippen LogP) is 3.55. The van der Waals surface area contributed by atoms with E-state index in [0.29, 0.717) is 11.4 Å². The number of nitrogens with one attached hydrogen (secondary N) is 1. The van der Waals surface area contributed by atoms with Crippen molar-refractivity contribution in [1.29, 1.82) is 0 Å². The summed E-state index contributed by atoms with van der Waals surface area (Å²) in [7, 11) is 0. The SMILES string of the molecule is CC(=O)Oc1ccc(N2C(=O)[C@@H]3[C@H](C2=O)[C@@H](C(=O)Nc2ccc([N+](=O)[O-])cc2)N2c4ccccc4C=C[C@H]32)cc1. The second-order valence-corrected chi connectivity index (χ2v) is 9.70. The lowest BCUT2D eigenvalue weighted by Gasteiger charge is -2.36. The largest absolute Gasteiger partial charge is 0.427 e. The Labute approximate surface area is 227 Å². The number of esters is 1. The maximum Gasteiger partial charge on any atom is 0.308 e. The van der Waals surface area contributed by atoms with Gasteiger partial charge in [-0.05, 0) is 48.0 Å². The first-order valence-electron chi connectivity index (χ1n) is 12.5. The molecule has 11 nitrogen and oxygen atoms in total. The van der Waals surface area contributed by atoms with Gasteiger partial charge in [0.1, 0.15) is 11.8 Å². The summed E-state index contributed by atoms with van der Waals surface area (Å²) in [4.78, 5) is 66.3. The number of amides is 3. The zero-order chi connectivity index (χ0) is 28.1. The number of hydrogen-bond donors (Lipinski definition) is 1. The average Bonchev–Trinajstić information content (AvgIpc) is 3.42. The molecule has 11 heteroatoms. The molecule has 3 aromatic carbocycles. The van der Waals surface area contributed by atoms with Gasteiger partial charge >= 0.3 is 5.97 Å². The van der Waals surface area contributed by atoms with E-state index in [1.807, 2.05) is 41.3 Å². The van der Waals surface area contributed by atoms with Gasteiger partial charge in [0.2, 0.25) is 17.7 Å². The number of benzene rings is 3. The molecule has 0 unspecified atom stereocenters. The van der Waals surface area contributed by atoms with Crippen molar-refractivity contribution in [2.75, 3.05) is 15.1 Å². The molecule has 0 saturated carbocycles. The Kier molecular flexibility index (Phi) is 5.91. The summed E-state index contributed by atoms with van der Waals surface area (Å²) >= 11 is 0. The van der Waals surface area contributed by atoms with E-state index in [4.69, 9.17) is 4.74 Å². The zero-order valence-corrected chi connectivity index (χ0v) is 21.1. The summed E-state index contributed by atoms with van der Waals surface area (Å²) in [6, 6.07) is 17.3. The Bertz CT molecular complexity index is 1600. The Balaban J connectivity index is 1.37. The third-order valence-corrected chi connectivity index (χ3v) is 7.39. The number of ether oxygens (including phenoxy) is 1. The smallest absolute Gasteiger partial charge is 0.308 e. The Morgan fingerprint density at radius 1 is 0.925 bits per heavy atom. The molecule has 40 heavy (non-hydrogen) atoms. The van der Waals surface area contributed by atoms with Gasteiger partial charge in [-0.1, -0.05) is 30.4 Å². The van der Waals surface area contributed by atoms with Gasteiger partial charge in [-0.25, -0.2) is 4.90 Å². The van der Waals surface area contributed by atoms with Crippen molar-refractivity contribution in [3.63, 3.8) is 0 Å². The third-order valence-electron chi connectivity index (χ3n) is 7.39. The lowest BCUT2D eigenvalue weighted by Crippen LogP contribution is -2.50. The predicted molar refractivity (Wildman–Crippen MR) is 144 cm³/mol. The summed E-state index contributed by atoms with van der Waals surface area (Å²) < 4.78 is 5.06. The van der Waals surface area contributed by atoms with Gasteiger partial charge in [0, 0.05) is 30.4 Å². The number of fused-ring (bicyclic) bond motifs is 5. The van der Waals surface area contributed by atoms with E-state index in [0.717, 1.165) is 16.2 Å². The molecule has 3 amide bonds. The summed E-state index contributed by atoms with van der Waals surface area (Å²) in [5, 5.41) is 13.8. The van der Waals surface area contributed by atoms with E-state index in [2.05, 4.69) is 5.32 Å². The number of anilines is 3. The van der Waals surface area contributed by atoms with Crippen LogP contribution >= 0.6 is 0 Å². The molecule has 0 bridgehead atoms. The van der Waals surface area contributed by atoms with Crippen LogP contribution in [0.5, 0.6) is 5.75 Å². The van der Waals surface area contributed by atoms with Crippen molar-refractivity contribution < 1.29 is 28.8 Å². The van der Waals surface area contributed by atoms with Crippen molar-refractivity contribution in [3.05, 3.63) is 94.6 Å². The van der Waals surface area contributed by atoms with Crippen molar-refractivity contribution in [2.45, 2.75) is 19.0 Å². The van der Waals surface area contributed by atoms with Crippen LogP contribution in [0.15, 0.2) is 78.9 Å². The zero-order valence-electron chi connectivity index (χ0n) is 21.1. The summed E-state index contributed by atoms with van der Waals surface area (Å²) in [6.07, 6.45) is 3.73. The first kappa shape index (κ1) is 25.0.